The third-order valence-corrected chi connectivity index (χ3v) is 5.35. The van der Waals surface area contributed by atoms with Crippen molar-refractivity contribution in [2.24, 2.45) is 0 Å². The lowest BCUT2D eigenvalue weighted by atomic mass is 9.94. The van der Waals surface area contributed by atoms with E-state index in [9.17, 15) is 4.79 Å². The van der Waals surface area contributed by atoms with Crippen molar-refractivity contribution in [3.05, 3.63) is 47.7 Å². The van der Waals surface area contributed by atoms with E-state index in [0.717, 1.165) is 61.9 Å². The van der Waals surface area contributed by atoms with Gasteiger partial charge in [0.2, 0.25) is 0 Å². The van der Waals surface area contributed by atoms with Gasteiger partial charge in [-0.15, -0.1) is 0 Å². The monoisotopic (exact) mass is 351 g/mol. The topological polar surface area (TPSA) is 62.2 Å². The van der Waals surface area contributed by atoms with Crippen LogP contribution in [0.25, 0.3) is 0 Å². The van der Waals surface area contributed by atoms with Crippen LogP contribution in [0.2, 0.25) is 0 Å². The molecule has 0 aliphatic carbocycles. The SMILES string of the molecule is Cc1nccc([C@@H]2CCCN(C(=O)c3ccnc(N4CCCC4)c3)C2)n1. The Hall–Kier alpha value is -2.50. The molecular weight excluding hydrogens is 326 g/mol. The van der Waals surface area contributed by atoms with Crippen molar-refractivity contribution >= 4 is 11.7 Å². The van der Waals surface area contributed by atoms with Gasteiger partial charge in [-0.2, -0.15) is 0 Å². The van der Waals surface area contributed by atoms with Crippen LogP contribution >= 0.6 is 0 Å². The van der Waals surface area contributed by atoms with Gasteiger partial charge in [0.25, 0.3) is 5.91 Å². The first-order valence-corrected chi connectivity index (χ1v) is 9.50. The molecular formula is C20H25N5O. The molecule has 0 saturated carbocycles. The maximum atomic E-state index is 13.1. The van der Waals surface area contributed by atoms with E-state index in [4.69, 9.17) is 0 Å². The van der Waals surface area contributed by atoms with Crippen LogP contribution in [0, 0.1) is 6.92 Å². The van der Waals surface area contributed by atoms with E-state index >= 15 is 0 Å². The van der Waals surface area contributed by atoms with E-state index in [2.05, 4.69) is 19.9 Å². The van der Waals surface area contributed by atoms with E-state index in [1.165, 1.54) is 12.8 Å². The number of anilines is 1. The molecule has 2 aliphatic rings. The molecule has 0 bridgehead atoms. The third-order valence-electron chi connectivity index (χ3n) is 5.35. The van der Waals surface area contributed by atoms with Gasteiger partial charge in [0, 0.05) is 55.7 Å². The number of hydrogen-bond acceptors (Lipinski definition) is 5. The van der Waals surface area contributed by atoms with Gasteiger partial charge in [-0.05, 0) is 50.8 Å². The minimum absolute atomic E-state index is 0.100. The van der Waals surface area contributed by atoms with E-state index in [1.54, 1.807) is 6.20 Å². The average molecular weight is 351 g/mol. The molecule has 6 nitrogen and oxygen atoms in total. The second kappa shape index (κ2) is 7.40. The van der Waals surface area contributed by atoms with Gasteiger partial charge in [-0.1, -0.05) is 0 Å². The van der Waals surface area contributed by atoms with Gasteiger partial charge in [0.1, 0.15) is 11.6 Å². The molecule has 0 unspecified atom stereocenters. The first-order valence-electron chi connectivity index (χ1n) is 9.50. The molecule has 6 heteroatoms. The van der Waals surface area contributed by atoms with Crippen molar-refractivity contribution in [2.75, 3.05) is 31.1 Å². The quantitative estimate of drug-likeness (QED) is 0.851. The van der Waals surface area contributed by atoms with Crippen LogP contribution in [0.3, 0.4) is 0 Å². The number of rotatable bonds is 3. The fourth-order valence-electron chi connectivity index (χ4n) is 3.96. The lowest BCUT2D eigenvalue weighted by Crippen LogP contribution is -2.39. The molecule has 136 valence electrons. The largest absolute Gasteiger partial charge is 0.357 e. The molecule has 2 fully saturated rings. The predicted molar refractivity (Wildman–Crippen MR) is 100 cm³/mol. The number of likely N-dealkylation sites (tertiary alicyclic amines) is 1. The third kappa shape index (κ3) is 3.54. The molecule has 0 spiro atoms. The minimum Gasteiger partial charge on any atom is -0.357 e. The summed E-state index contributed by atoms with van der Waals surface area (Å²) in [5, 5.41) is 0. The van der Waals surface area contributed by atoms with Crippen molar-refractivity contribution in [3.8, 4) is 0 Å². The number of piperidine rings is 1. The van der Waals surface area contributed by atoms with Crippen LogP contribution in [0.15, 0.2) is 30.6 Å². The van der Waals surface area contributed by atoms with Gasteiger partial charge in [-0.25, -0.2) is 15.0 Å². The smallest absolute Gasteiger partial charge is 0.254 e. The maximum Gasteiger partial charge on any atom is 0.254 e. The lowest BCUT2D eigenvalue weighted by molar-refractivity contribution is 0.0705. The molecule has 2 aliphatic heterocycles. The van der Waals surface area contributed by atoms with Crippen LogP contribution in [0.1, 0.15) is 53.5 Å². The normalized spacial score (nSPS) is 20.4. The fourth-order valence-corrected chi connectivity index (χ4v) is 3.96. The number of carbonyl (C=O) groups is 1. The average Bonchev–Trinajstić information content (AvgIpc) is 3.22. The lowest BCUT2D eigenvalue weighted by Gasteiger charge is -2.32. The summed E-state index contributed by atoms with van der Waals surface area (Å²) in [5.41, 5.74) is 1.78. The number of aromatic nitrogens is 3. The summed E-state index contributed by atoms with van der Waals surface area (Å²) in [7, 11) is 0. The number of hydrogen-bond donors (Lipinski definition) is 0. The molecule has 4 heterocycles. The molecule has 2 saturated heterocycles. The van der Waals surface area contributed by atoms with Crippen LogP contribution in [-0.2, 0) is 0 Å². The molecule has 1 amide bonds. The Balaban J connectivity index is 1.50. The summed E-state index contributed by atoms with van der Waals surface area (Å²) < 4.78 is 0. The van der Waals surface area contributed by atoms with Crippen molar-refractivity contribution in [1.82, 2.24) is 19.9 Å². The van der Waals surface area contributed by atoms with Crippen LogP contribution in [0.5, 0.6) is 0 Å². The Labute approximate surface area is 154 Å². The van der Waals surface area contributed by atoms with Gasteiger partial charge < -0.3 is 9.80 Å². The van der Waals surface area contributed by atoms with Gasteiger partial charge in [0.15, 0.2) is 0 Å². The zero-order valence-corrected chi connectivity index (χ0v) is 15.3. The first kappa shape index (κ1) is 16.9. The Morgan fingerprint density at radius 1 is 1.08 bits per heavy atom. The zero-order valence-electron chi connectivity index (χ0n) is 15.3. The Bertz CT molecular complexity index is 787. The molecule has 4 rings (SSSR count). The van der Waals surface area contributed by atoms with Gasteiger partial charge in [-0.3, -0.25) is 4.79 Å². The number of nitrogens with zero attached hydrogens (tertiary/aromatic N) is 5. The van der Waals surface area contributed by atoms with Crippen molar-refractivity contribution in [2.45, 2.75) is 38.5 Å². The van der Waals surface area contributed by atoms with E-state index in [1.807, 2.05) is 36.2 Å². The minimum atomic E-state index is 0.100. The van der Waals surface area contributed by atoms with Crippen LogP contribution in [0.4, 0.5) is 5.82 Å². The molecule has 1 atom stereocenters. The van der Waals surface area contributed by atoms with E-state index < -0.39 is 0 Å². The van der Waals surface area contributed by atoms with E-state index in [-0.39, 0.29) is 11.8 Å². The van der Waals surface area contributed by atoms with Crippen molar-refractivity contribution < 1.29 is 4.79 Å². The van der Waals surface area contributed by atoms with Gasteiger partial charge >= 0.3 is 0 Å². The second-order valence-corrected chi connectivity index (χ2v) is 7.22. The van der Waals surface area contributed by atoms with Crippen LogP contribution < -0.4 is 4.90 Å². The van der Waals surface area contributed by atoms with Crippen LogP contribution in [-0.4, -0.2) is 51.9 Å². The summed E-state index contributed by atoms with van der Waals surface area (Å²) in [6, 6.07) is 5.76. The summed E-state index contributed by atoms with van der Waals surface area (Å²) in [6.07, 6.45) is 8.04. The molecule has 2 aromatic heterocycles. The summed E-state index contributed by atoms with van der Waals surface area (Å²) in [6.45, 7) is 5.50. The van der Waals surface area contributed by atoms with Crippen molar-refractivity contribution in [1.29, 1.82) is 0 Å². The highest BCUT2D eigenvalue weighted by molar-refractivity contribution is 5.95. The predicted octanol–water partition coefficient (Wildman–Crippen LogP) is 2.80. The summed E-state index contributed by atoms with van der Waals surface area (Å²) >= 11 is 0. The maximum absolute atomic E-state index is 13.1. The summed E-state index contributed by atoms with van der Waals surface area (Å²) in [5.74, 6) is 2.10. The van der Waals surface area contributed by atoms with Gasteiger partial charge in [0.05, 0.1) is 0 Å². The Morgan fingerprint density at radius 2 is 1.88 bits per heavy atom. The highest BCUT2D eigenvalue weighted by Gasteiger charge is 2.27. The number of pyridine rings is 1. The highest BCUT2D eigenvalue weighted by atomic mass is 16.2. The summed E-state index contributed by atoms with van der Waals surface area (Å²) in [4.78, 5) is 30.5. The number of carbonyl (C=O) groups excluding carboxylic acids is 1. The van der Waals surface area contributed by atoms with E-state index in [0.29, 0.717) is 0 Å². The first-order chi connectivity index (χ1) is 12.7. The molecule has 0 N–H and O–H groups in total. The molecule has 2 aromatic rings. The molecule has 0 radical (unpaired) electrons. The molecule has 26 heavy (non-hydrogen) atoms. The zero-order chi connectivity index (χ0) is 17.9. The number of aryl methyl sites for hydroxylation is 1. The van der Waals surface area contributed by atoms with Crippen molar-refractivity contribution in [3.63, 3.8) is 0 Å². The highest BCUT2D eigenvalue weighted by Crippen LogP contribution is 2.27. The second-order valence-electron chi connectivity index (χ2n) is 7.22. The molecule has 0 aromatic carbocycles. The Kier molecular flexibility index (Phi) is 4.82. The number of amides is 1. The standard InChI is InChI=1S/C20H25N5O/c1-15-21-9-7-18(23-15)17-5-4-12-25(14-17)20(26)16-6-8-22-19(13-16)24-10-2-3-11-24/h6-9,13,17H,2-5,10-12,14H2,1H3/t17-/m1/s1. The fraction of sp³-hybridized carbons (Fsp3) is 0.500. The Morgan fingerprint density at radius 3 is 2.69 bits per heavy atom.